The van der Waals surface area contributed by atoms with Gasteiger partial charge in [-0.3, -0.25) is 0 Å². The number of benzene rings is 2. The molecule has 0 bridgehead atoms. The minimum atomic E-state index is -5.25. The Bertz CT molecular complexity index is 2050. The predicted molar refractivity (Wildman–Crippen MR) is 147 cm³/mol. The van der Waals surface area contributed by atoms with E-state index in [1.807, 2.05) is 0 Å². The van der Waals surface area contributed by atoms with E-state index in [0.717, 1.165) is 24.3 Å². The van der Waals surface area contributed by atoms with Crippen LogP contribution in [0.25, 0.3) is 11.1 Å². The molecular formula is C29H40Br2O2. The average Bonchev–Trinajstić information content (AvgIpc) is 3.34. The van der Waals surface area contributed by atoms with Gasteiger partial charge >= 0.3 is 0 Å². The molecule has 1 aliphatic rings. The molecule has 0 aliphatic heterocycles. The molecular weight excluding hydrogens is 540 g/mol. The van der Waals surface area contributed by atoms with Gasteiger partial charge < -0.3 is 9.47 Å². The molecule has 2 atom stereocenters. The van der Waals surface area contributed by atoms with Crippen LogP contribution in [0.1, 0.15) is 136 Å². The van der Waals surface area contributed by atoms with Crippen molar-refractivity contribution in [3.05, 3.63) is 56.5 Å². The summed E-state index contributed by atoms with van der Waals surface area (Å²) in [4.78, 5) is 0. The molecule has 0 fully saturated rings. The Morgan fingerprint density at radius 1 is 0.818 bits per heavy atom. The first-order chi connectivity index (χ1) is 28.9. The molecule has 0 radical (unpaired) electrons. The fourth-order valence-corrected chi connectivity index (χ4v) is 3.75. The summed E-state index contributed by atoms with van der Waals surface area (Å²) < 4.78 is 297. The number of hydrogen-bond donors (Lipinski definition) is 0. The third kappa shape index (κ3) is 6.31. The molecule has 4 heteroatoms. The van der Waals surface area contributed by atoms with Gasteiger partial charge in [-0.15, -0.1) is 0 Å². The quantitative estimate of drug-likeness (QED) is 0.197. The molecule has 0 aromatic heterocycles. The van der Waals surface area contributed by atoms with E-state index in [9.17, 15) is 8.22 Å². The molecule has 2 nitrogen and oxygen atoms in total. The maximum Gasteiger partial charge on any atom is 0.223 e. The highest BCUT2D eigenvalue weighted by molar-refractivity contribution is 9.10. The number of hydrogen-bond acceptors (Lipinski definition) is 2. The molecule has 2 aromatic carbocycles. The van der Waals surface area contributed by atoms with E-state index in [0.29, 0.717) is 0 Å². The van der Waals surface area contributed by atoms with E-state index in [1.165, 1.54) is 12.1 Å². The van der Waals surface area contributed by atoms with Crippen LogP contribution in [0.3, 0.4) is 0 Å². The van der Waals surface area contributed by atoms with Gasteiger partial charge in [-0.25, -0.2) is 0 Å². The molecule has 1 aliphatic carbocycles. The minimum absolute atomic E-state index is 0.157. The minimum Gasteiger partial charge on any atom is -0.342 e. The lowest BCUT2D eigenvalue weighted by Gasteiger charge is -2.35. The summed E-state index contributed by atoms with van der Waals surface area (Å²) in [5.74, 6) is -14.5. The van der Waals surface area contributed by atoms with Crippen LogP contribution in [-0.4, -0.2) is 13.1 Å². The summed E-state index contributed by atoms with van der Waals surface area (Å²) in [6.45, 7) is -27.7. The van der Waals surface area contributed by atoms with Crippen molar-refractivity contribution in [1.29, 1.82) is 0 Å². The Kier molecular flexibility index (Phi) is 2.65. The highest BCUT2D eigenvalue weighted by Crippen LogP contribution is 2.52. The zero-order valence-electron chi connectivity index (χ0n) is 50.5. The third-order valence-electron chi connectivity index (χ3n) is 4.31. The van der Waals surface area contributed by atoms with Gasteiger partial charge in [-0.1, -0.05) is 110 Å². The first kappa shape index (κ1) is 6.79. The van der Waals surface area contributed by atoms with Gasteiger partial charge in [-0.2, -0.15) is 0 Å². The molecule has 0 saturated carbocycles. The molecule has 0 saturated heterocycles. The molecule has 3 rings (SSSR count). The lowest BCUT2D eigenvalue weighted by atomic mass is 9.98. The van der Waals surface area contributed by atoms with Crippen molar-refractivity contribution < 1.29 is 56.1 Å². The van der Waals surface area contributed by atoms with Crippen LogP contribution in [0.15, 0.2) is 45.3 Å². The molecule has 2 unspecified atom stereocenters. The second kappa shape index (κ2) is 12.9. The smallest absolute Gasteiger partial charge is 0.223 e. The van der Waals surface area contributed by atoms with E-state index < -0.39 is 120 Å². The summed E-state index contributed by atoms with van der Waals surface area (Å²) in [5.41, 5.74) is -2.43. The van der Waals surface area contributed by atoms with Crippen LogP contribution in [0.4, 0.5) is 0 Å². The van der Waals surface area contributed by atoms with Crippen LogP contribution in [0.2, 0.25) is 0 Å². The predicted octanol–water partition coefficient (Wildman–Crippen LogP) is 9.86. The maximum absolute atomic E-state index is 9.33. The first-order valence-electron chi connectivity index (χ1n) is 25.9. The lowest BCUT2D eigenvalue weighted by molar-refractivity contribution is -0.228. The molecule has 182 valence electrons. The second-order valence-electron chi connectivity index (χ2n) is 6.15. The highest BCUT2D eigenvalue weighted by Gasteiger charge is 2.46. The van der Waals surface area contributed by atoms with Crippen LogP contribution < -0.4 is 0 Å². The summed E-state index contributed by atoms with van der Waals surface area (Å²) in [6, 6.07) is 6.35. The molecule has 0 N–H and O–H groups in total. The van der Waals surface area contributed by atoms with Crippen LogP contribution >= 0.6 is 31.9 Å². The SMILES string of the molecule is [2H]C([2H])([2H])C([2H])([2H])C([2H])([2H])C([2H])([2H])C([2H])(C([2H])([2H])OC1(OC([2H])([2H])C([2H])(C([2H])([2H])C([2H])([2H])[2H])C([2H])([2H])C([2H])([2H])C([2H])([2H])C([2H])([2H])[2H])c2cc(Br)ccc2-c2ccc(Br)cc21)C([2H])([2H])C([2H])([2H])[2H]. The zero-order valence-corrected chi connectivity index (χ0v) is 19.7. The first-order valence-corrected chi connectivity index (χ1v) is 10.5. The molecule has 0 amide bonds. The number of rotatable bonds is 14. The number of ether oxygens (including phenoxy) is 2. The van der Waals surface area contributed by atoms with Crippen molar-refractivity contribution >= 4 is 31.9 Å². The van der Waals surface area contributed by atoms with Crippen LogP contribution in [0, 0.1) is 11.8 Å². The van der Waals surface area contributed by atoms with Crippen LogP contribution in [0.5, 0.6) is 0 Å². The van der Waals surface area contributed by atoms with Gasteiger partial charge in [0.2, 0.25) is 5.79 Å². The molecule has 0 spiro atoms. The second-order valence-corrected chi connectivity index (χ2v) is 7.99. The lowest BCUT2D eigenvalue weighted by Crippen LogP contribution is -2.36. The van der Waals surface area contributed by atoms with E-state index >= 15 is 0 Å². The van der Waals surface area contributed by atoms with Gasteiger partial charge in [0, 0.05) is 61.2 Å². The van der Waals surface area contributed by atoms with Gasteiger partial charge in [-0.05, 0) is 59.9 Å². The Morgan fingerprint density at radius 3 is 1.73 bits per heavy atom. The molecule has 0 heterocycles. The molecule has 33 heavy (non-hydrogen) atoms. The fourth-order valence-electron chi connectivity index (χ4n) is 3.03. The average molecular weight is 615 g/mol. The van der Waals surface area contributed by atoms with Gasteiger partial charge in [0.15, 0.2) is 0 Å². The van der Waals surface area contributed by atoms with Crippen LogP contribution in [-0.2, 0) is 15.3 Å². The number of halogens is 2. The van der Waals surface area contributed by atoms with Gasteiger partial charge in [0.25, 0.3) is 0 Å². The fraction of sp³-hybridized carbons (Fsp3) is 0.586. The van der Waals surface area contributed by atoms with E-state index in [2.05, 4.69) is 31.9 Å². The summed E-state index contributed by atoms with van der Waals surface area (Å²) in [7, 11) is 0. The van der Waals surface area contributed by atoms with Crippen molar-refractivity contribution in [2.75, 3.05) is 13.1 Å². The third-order valence-corrected chi connectivity index (χ3v) is 5.29. The molecule has 2 aromatic rings. The number of fused-ring (bicyclic) bond motifs is 3. The Morgan fingerprint density at radius 2 is 1.30 bits per heavy atom. The Balaban J connectivity index is 2.80. The van der Waals surface area contributed by atoms with E-state index in [1.54, 1.807) is 0 Å². The van der Waals surface area contributed by atoms with Gasteiger partial charge in [0.05, 0.1) is 18.6 Å². The van der Waals surface area contributed by atoms with E-state index in [4.69, 9.17) is 47.9 Å². The normalized spacial score (nSPS) is 38.8. The maximum atomic E-state index is 9.33. The Labute approximate surface area is 265 Å². The van der Waals surface area contributed by atoms with Crippen molar-refractivity contribution in [2.24, 2.45) is 11.8 Å². The summed E-state index contributed by atoms with van der Waals surface area (Å²) in [6.07, 6.45) is -39.1. The standard InChI is InChI=1S/C29H40Br2O2/c1-5-9-11-21(7-3)19-32-29(33-20-22(8-4)12-10-6-2)27-17-23(30)13-15-25(27)26-16-14-24(31)18-28(26)29/h13-18,21-22H,5-12,19-20H2,1-4H3/i1D3,2D3,3D3,4D3,5D2,6D2,7D2,8D2,9D2,10D2,11D2,12D2,19D2,20D2,21D,22D. The Hall–Kier alpha value is -0.680. The topological polar surface area (TPSA) is 18.5 Å². The van der Waals surface area contributed by atoms with Crippen molar-refractivity contribution in [3.63, 3.8) is 0 Å². The summed E-state index contributed by atoms with van der Waals surface area (Å²) in [5, 5.41) is 0. The highest BCUT2D eigenvalue weighted by atomic mass is 79.9. The van der Waals surface area contributed by atoms with Gasteiger partial charge in [0.1, 0.15) is 0 Å². The van der Waals surface area contributed by atoms with Crippen molar-refractivity contribution in [1.82, 2.24) is 0 Å². The largest absolute Gasteiger partial charge is 0.342 e. The monoisotopic (exact) mass is 612 g/mol. The zero-order chi connectivity index (χ0) is 53.6. The van der Waals surface area contributed by atoms with Crippen molar-refractivity contribution in [3.8, 4) is 11.1 Å². The summed E-state index contributed by atoms with van der Waals surface area (Å²) >= 11 is 6.13. The van der Waals surface area contributed by atoms with Crippen molar-refractivity contribution in [2.45, 2.75) is 84.2 Å². The van der Waals surface area contributed by atoms with E-state index in [-0.39, 0.29) is 20.1 Å².